The van der Waals surface area contributed by atoms with Crippen molar-refractivity contribution in [1.29, 1.82) is 0 Å². The topological polar surface area (TPSA) is 230 Å². The molecule has 0 bridgehead atoms. The number of nitrogens with two attached hydrogens (primary N) is 3. The fraction of sp³-hybridized carbons (Fsp3) is 0.769. The summed E-state index contributed by atoms with van der Waals surface area (Å²) < 4.78 is 0. The maximum Gasteiger partial charge on any atom is 0.323 e. The van der Waals surface area contributed by atoms with Gasteiger partial charge in [-0.3, -0.25) is 14.4 Å². The van der Waals surface area contributed by atoms with Crippen molar-refractivity contribution in [2.45, 2.75) is 45.4 Å². The molecule has 0 aliphatic heterocycles. The summed E-state index contributed by atoms with van der Waals surface area (Å²) in [5, 5.41) is 39.5. The number of aliphatic hydroxyl groups excluding tert-OH is 2. The lowest BCUT2D eigenvalue weighted by Crippen LogP contribution is -2.39. The summed E-state index contributed by atoms with van der Waals surface area (Å²) in [4.78, 5) is 29.2. The number of carbonyl (C=O) groups is 3. The molecule has 0 heterocycles. The van der Waals surface area contributed by atoms with Crippen LogP contribution in [0.4, 0.5) is 0 Å². The van der Waals surface area contributed by atoms with Crippen LogP contribution >= 0.6 is 0 Å². The zero-order chi connectivity index (χ0) is 20.5. The van der Waals surface area contributed by atoms with Gasteiger partial charge in [-0.2, -0.15) is 0 Å². The summed E-state index contributed by atoms with van der Waals surface area (Å²) >= 11 is 0. The maximum absolute atomic E-state index is 10.1. The Morgan fingerprint density at radius 2 is 1.25 bits per heavy atom. The Bertz CT molecular complexity index is 337. The largest absolute Gasteiger partial charge is 0.480 e. The molecule has 0 radical (unpaired) electrons. The van der Waals surface area contributed by atoms with E-state index in [9.17, 15) is 14.4 Å². The highest BCUT2D eigenvalue weighted by molar-refractivity contribution is 5.73. The van der Waals surface area contributed by atoms with Crippen molar-refractivity contribution in [3.8, 4) is 0 Å². The van der Waals surface area contributed by atoms with Crippen LogP contribution in [0.5, 0.6) is 0 Å². The Hall–Kier alpha value is -1.79. The van der Waals surface area contributed by atoms with E-state index in [1.54, 1.807) is 0 Å². The third kappa shape index (κ3) is 28.4. The average molecular weight is 357 g/mol. The standard InChI is InChI=1S/C6H13NO2.C4H9NO3.C2H5NO2.CH4O/c1-4(2)3-5(7)6(8)9;1-2(6)3(5)4(7)8;3-1-2(4)5;1-2/h4-5H,3,7H2,1-2H3,(H,8,9);2-3,6H,5H2,1H3,(H,7,8);1,3H2,(H,4,5);2H,1H3/t5-;2-,3+;;/m01../s1. The minimum absolute atomic E-state index is 0.278. The fourth-order valence-electron chi connectivity index (χ4n) is 0.815. The van der Waals surface area contributed by atoms with Gasteiger partial charge in [-0.1, -0.05) is 13.8 Å². The normalized spacial score (nSPS) is 12.8. The van der Waals surface area contributed by atoms with Gasteiger partial charge in [-0.25, -0.2) is 0 Å². The molecule has 0 rings (SSSR count). The van der Waals surface area contributed by atoms with E-state index in [2.05, 4.69) is 5.73 Å². The molecule has 11 heteroatoms. The molecule has 0 aromatic heterocycles. The van der Waals surface area contributed by atoms with Crippen molar-refractivity contribution in [3.05, 3.63) is 0 Å². The number of hydrogen-bond donors (Lipinski definition) is 8. The first kappa shape index (κ1) is 30.1. The number of aliphatic carboxylic acids is 3. The van der Waals surface area contributed by atoms with Gasteiger partial charge in [-0.15, -0.1) is 0 Å². The SMILES string of the molecule is CC(C)C[C@H](N)C(=O)O.CO.C[C@@H](O)[C@H](N)C(=O)O.NCC(=O)O. The van der Waals surface area contributed by atoms with Gasteiger partial charge >= 0.3 is 17.9 Å². The first-order valence-electron chi connectivity index (χ1n) is 6.88. The molecule has 0 aliphatic carbocycles. The second kappa shape index (κ2) is 19.3. The van der Waals surface area contributed by atoms with Gasteiger partial charge in [0.1, 0.15) is 12.1 Å². The van der Waals surface area contributed by atoms with E-state index in [0.717, 1.165) is 7.11 Å². The van der Waals surface area contributed by atoms with Crippen LogP contribution in [0.1, 0.15) is 27.2 Å². The van der Waals surface area contributed by atoms with Crippen molar-refractivity contribution in [2.24, 2.45) is 23.1 Å². The van der Waals surface area contributed by atoms with Crippen LogP contribution in [0, 0.1) is 5.92 Å². The summed E-state index contributed by atoms with van der Waals surface area (Å²) in [5.41, 5.74) is 14.7. The van der Waals surface area contributed by atoms with Crippen LogP contribution in [-0.4, -0.2) is 75.3 Å². The van der Waals surface area contributed by atoms with E-state index in [-0.39, 0.29) is 6.54 Å². The Morgan fingerprint density at radius 3 is 1.29 bits per heavy atom. The second-order valence-electron chi connectivity index (χ2n) is 4.78. The first-order chi connectivity index (χ1) is 10.9. The number of hydrogen-bond acceptors (Lipinski definition) is 8. The molecule has 0 aromatic rings. The molecule has 0 unspecified atom stereocenters. The van der Waals surface area contributed by atoms with E-state index >= 15 is 0 Å². The lowest BCUT2D eigenvalue weighted by Gasteiger charge is -2.07. The summed E-state index contributed by atoms with van der Waals surface area (Å²) in [7, 11) is 1.00. The number of carboxylic acids is 3. The van der Waals surface area contributed by atoms with E-state index in [1.165, 1.54) is 6.92 Å². The van der Waals surface area contributed by atoms with Crippen molar-refractivity contribution < 1.29 is 39.9 Å². The van der Waals surface area contributed by atoms with E-state index < -0.39 is 36.1 Å². The number of rotatable bonds is 6. The van der Waals surface area contributed by atoms with Crippen LogP contribution in [0.15, 0.2) is 0 Å². The third-order valence-corrected chi connectivity index (χ3v) is 2.02. The molecule has 3 atom stereocenters. The molecular formula is C13H31N3O8. The zero-order valence-electron chi connectivity index (χ0n) is 14.4. The minimum Gasteiger partial charge on any atom is -0.480 e. The molecular weight excluding hydrogens is 326 g/mol. The highest BCUT2D eigenvalue weighted by Crippen LogP contribution is 2.01. The molecule has 0 aromatic carbocycles. The Balaban J connectivity index is -0.000000123. The lowest BCUT2D eigenvalue weighted by atomic mass is 10.1. The fourth-order valence-corrected chi connectivity index (χ4v) is 0.815. The first-order valence-corrected chi connectivity index (χ1v) is 6.88. The predicted molar refractivity (Wildman–Crippen MR) is 87.2 cm³/mol. The smallest absolute Gasteiger partial charge is 0.323 e. The lowest BCUT2D eigenvalue weighted by molar-refractivity contribution is -0.141. The van der Waals surface area contributed by atoms with Crippen molar-refractivity contribution in [1.82, 2.24) is 0 Å². The predicted octanol–water partition coefficient (Wildman–Crippen LogP) is -2.14. The summed E-state index contributed by atoms with van der Waals surface area (Å²) in [6.07, 6.45) is -0.428. The van der Waals surface area contributed by atoms with Gasteiger partial charge < -0.3 is 42.7 Å². The third-order valence-electron chi connectivity index (χ3n) is 2.02. The van der Waals surface area contributed by atoms with E-state index in [4.69, 9.17) is 37.0 Å². The number of aliphatic hydroxyl groups is 2. The van der Waals surface area contributed by atoms with Gasteiger partial charge in [0.05, 0.1) is 12.6 Å². The number of carboxylic acid groups (broad SMARTS) is 3. The average Bonchev–Trinajstić information content (AvgIpc) is 2.48. The molecule has 24 heavy (non-hydrogen) atoms. The van der Waals surface area contributed by atoms with Crippen molar-refractivity contribution in [2.75, 3.05) is 13.7 Å². The van der Waals surface area contributed by atoms with Crippen molar-refractivity contribution in [3.63, 3.8) is 0 Å². The highest BCUT2D eigenvalue weighted by Gasteiger charge is 2.16. The molecule has 0 spiro atoms. The molecule has 11 nitrogen and oxygen atoms in total. The van der Waals surface area contributed by atoms with Crippen LogP contribution in [0.2, 0.25) is 0 Å². The Labute approximate surface area is 141 Å². The minimum atomic E-state index is -1.18. The zero-order valence-corrected chi connectivity index (χ0v) is 14.4. The Morgan fingerprint density at radius 1 is 0.917 bits per heavy atom. The van der Waals surface area contributed by atoms with Gasteiger partial charge in [0.2, 0.25) is 0 Å². The van der Waals surface area contributed by atoms with E-state index in [1.807, 2.05) is 13.8 Å². The monoisotopic (exact) mass is 357 g/mol. The second-order valence-corrected chi connectivity index (χ2v) is 4.78. The summed E-state index contributed by atoms with van der Waals surface area (Å²) in [5.74, 6) is -2.70. The Kier molecular flexibility index (Phi) is 24.2. The maximum atomic E-state index is 10.1. The van der Waals surface area contributed by atoms with Gasteiger partial charge in [0.25, 0.3) is 0 Å². The van der Waals surface area contributed by atoms with Crippen LogP contribution in [-0.2, 0) is 14.4 Å². The highest BCUT2D eigenvalue weighted by atomic mass is 16.4. The molecule has 146 valence electrons. The van der Waals surface area contributed by atoms with Crippen LogP contribution in [0.3, 0.4) is 0 Å². The van der Waals surface area contributed by atoms with Crippen LogP contribution < -0.4 is 17.2 Å². The van der Waals surface area contributed by atoms with Crippen LogP contribution in [0.25, 0.3) is 0 Å². The molecule has 0 fully saturated rings. The summed E-state index contributed by atoms with van der Waals surface area (Å²) in [6, 6.07) is -1.85. The summed E-state index contributed by atoms with van der Waals surface area (Å²) in [6.45, 7) is 4.95. The van der Waals surface area contributed by atoms with Gasteiger partial charge in [0.15, 0.2) is 0 Å². The van der Waals surface area contributed by atoms with E-state index in [0.29, 0.717) is 12.3 Å². The van der Waals surface area contributed by atoms with Gasteiger partial charge in [0, 0.05) is 7.11 Å². The molecule has 11 N–H and O–H groups in total. The molecule has 0 saturated heterocycles. The van der Waals surface area contributed by atoms with Gasteiger partial charge in [-0.05, 0) is 19.3 Å². The molecule has 0 aliphatic rings. The molecule has 0 saturated carbocycles. The van der Waals surface area contributed by atoms with Crippen molar-refractivity contribution >= 4 is 17.9 Å². The molecule has 0 amide bonds. The quantitative estimate of drug-likeness (QED) is 0.255.